The monoisotopic (exact) mass is 200 g/mol. The summed E-state index contributed by atoms with van der Waals surface area (Å²) in [5, 5.41) is 9.90. The topological polar surface area (TPSA) is 40.2 Å². The minimum absolute atomic E-state index is 0.161. The van der Waals surface area contributed by atoms with Crippen LogP contribution in [-0.2, 0) is 0 Å². The quantitative estimate of drug-likeness (QED) is 0.748. The second-order valence-electron chi connectivity index (χ2n) is 3.53. The predicted octanol–water partition coefficient (Wildman–Crippen LogP) is 2.78. The zero-order valence-electron chi connectivity index (χ0n) is 8.77. The molecule has 1 aromatic carbocycles. The molecule has 0 aliphatic carbocycles. The van der Waals surface area contributed by atoms with E-state index in [-0.39, 0.29) is 6.04 Å². The second-order valence-corrected chi connectivity index (χ2v) is 3.53. The maximum Gasteiger partial charge on any atom is 0.136 e. The molecule has 1 unspecified atom stereocenters. The lowest BCUT2D eigenvalue weighted by Gasteiger charge is -2.19. The van der Waals surface area contributed by atoms with Gasteiger partial charge in [0.25, 0.3) is 0 Å². The van der Waals surface area contributed by atoms with E-state index >= 15 is 0 Å². The van der Waals surface area contributed by atoms with Crippen LogP contribution in [0.3, 0.4) is 0 Å². The van der Waals surface area contributed by atoms with Gasteiger partial charge in [0.2, 0.25) is 0 Å². The number of anilines is 1. The molecule has 3 nitrogen and oxygen atoms in total. The third-order valence-electron chi connectivity index (χ3n) is 2.61. The summed E-state index contributed by atoms with van der Waals surface area (Å²) in [7, 11) is 1.89. The van der Waals surface area contributed by atoms with Crippen LogP contribution in [0, 0.1) is 11.3 Å². The predicted molar refractivity (Wildman–Crippen MR) is 59.7 cm³/mol. The maximum atomic E-state index is 8.85. The van der Waals surface area contributed by atoms with E-state index < -0.39 is 0 Å². The highest BCUT2D eigenvalue weighted by molar-refractivity contribution is 5.91. The van der Waals surface area contributed by atoms with Gasteiger partial charge in [-0.3, -0.25) is 0 Å². The Morgan fingerprint density at radius 1 is 1.40 bits per heavy atom. The van der Waals surface area contributed by atoms with E-state index in [1.807, 2.05) is 43.1 Å². The number of nitrogens with zero attached hydrogens (tertiary/aromatic N) is 2. The fourth-order valence-electron chi connectivity index (χ4n) is 1.53. The first-order valence-electron chi connectivity index (χ1n) is 4.82. The SMILES string of the molecule is CC(C#N)N(C)c1coc2ccccc12. The lowest BCUT2D eigenvalue weighted by Crippen LogP contribution is -2.26. The smallest absolute Gasteiger partial charge is 0.136 e. The van der Waals surface area contributed by atoms with Crippen molar-refractivity contribution < 1.29 is 4.42 Å². The van der Waals surface area contributed by atoms with E-state index in [0.29, 0.717) is 0 Å². The number of para-hydroxylation sites is 1. The molecule has 15 heavy (non-hydrogen) atoms. The summed E-state index contributed by atoms with van der Waals surface area (Å²) in [6, 6.07) is 9.85. The van der Waals surface area contributed by atoms with Crippen LogP contribution in [0.2, 0.25) is 0 Å². The van der Waals surface area contributed by atoms with Crippen molar-refractivity contribution in [3.05, 3.63) is 30.5 Å². The van der Waals surface area contributed by atoms with Crippen LogP contribution in [-0.4, -0.2) is 13.1 Å². The highest BCUT2D eigenvalue weighted by Gasteiger charge is 2.13. The Hall–Kier alpha value is -1.95. The van der Waals surface area contributed by atoms with Crippen LogP contribution in [0.1, 0.15) is 6.92 Å². The van der Waals surface area contributed by atoms with Crippen LogP contribution in [0.5, 0.6) is 0 Å². The molecule has 0 amide bonds. The van der Waals surface area contributed by atoms with Gasteiger partial charge < -0.3 is 9.32 Å². The molecule has 1 atom stereocenters. The average molecular weight is 200 g/mol. The second kappa shape index (κ2) is 3.66. The molecule has 0 radical (unpaired) electrons. The van der Waals surface area contributed by atoms with Gasteiger partial charge >= 0.3 is 0 Å². The molecular formula is C12H12N2O. The molecule has 1 heterocycles. The summed E-state index contributed by atoms with van der Waals surface area (Å²) in [6.45, 7) is 1.86. The minimum atomic E-state index is -0.161. The van der Waals surface area contributed by atoms with Crippen LogP contribution >= 0.6 is 0 Å². The Kier molecular flexibility index (Phi) is 2.34. The molecule has 0 aliphatic rings. The number of furan rings is 1. The average Bonchev–Trinajstić information content (AvgIpc) is 2.70. The fraction of sp³-hybridized carbons (Fsp3) is 0.250. The van der Waals surface area contributed by atoms with Gasteiger partial charge in [0, 0.05) is 12.4 Å². The molecule has 0 N–H and O–H groups in total. The third-order valence-corrected chi connectivity index (χ3v) is 2.61. The van der Waals surface area contributed by atoms with Crippen LogP contribution in [0.15, 0.2) is 34.9 Å². The van der Waals surface area contributed by atoms with E-state index in [1.165, 1.54) is 0 Å². The van der Waals surface area contributed by atoms with Crippen molar-refractivity contribution in [2.24, 2.45) is 0 Å². The minimum Gasteiger partial charge on any atom is -0.462 e. The standard InChI is InChI=1S/C12H12N2O/c1-9(7-13)14(2)11-8-15-12-6-4-3-5-10(11)12/h3-6,8-9H,1-2H3. The van der Waals surface area contributed by atoms with Gasteiger partial charge in [-0.1, -0.05) is 12.1 Å². The number of benzene rings is 1. The number of fused-ring (bicyclic) bond motifs is 1. The first kappa shape index (κ1) is 9.60. The van der Waals surface area contributed by atoms with Crippen LogP contribution in [0.25, 0.3) is 11.0 Å². The van der Waals surface area contributed by atoms with E-state index in [4.69, 9.17) is 9.68 Å². The number of hydrogen-bond donors (Lipinski definition) is 0. The molecule has 2 aromatic rings. The van der Waals surface area contributed by atoms with Gasteiger partial charge in [-0.15, -0.1) is 0 Å². The number of rotatable bonds is 2. The lowest BCUT2D eigenvalue weighted by molar-refractivity contribution is 0.613. The molecule has 0 bridgehead atoms. The Morgan fingerprint density at radius 3 is 2.87 bits per heavy atom. The number of nitriles is 1. The normalized spacial score (nSPS) is 12.3. The van der Waals surface area contributed by atoms with E-state index in [9.17, 15) is 0 Å². The Morgan fingerprint density at radius 2 is 2.13 bits per heavy atom. The van der Waals surface area contributed by atoms with Gasteiger partial charge in [-0.25, -0.2) is 0 Å². The van der Waals surface area contributed by atoms with Crippen molar-refractivity contribution in [3.63, 3.8) is 0 Å². The summed E-state index contributed by atoms with van der Waals surface area (Å²) in [5.41, 5.74) is 1.81. The molecule has 2 rings (SSSR count). The molecule has 0 saturated heterocycles. The molecule has 1 aromatic heterocycles. The summed E-state index contributed by atoms with van der Waals surface area (Å²) in [4.78, 5) is 1.91. The Bertz CT molecular complexity index is 510. The van der Waals surface area contributed by atoms with Gasteiger partial charge in [0.15, 0.2) is 0 Å². The van der Waals surface area contributed by atoms with Crippen molar-refractivity contribution >= 4 is 16.7 Å². The molecule has 0 aliphatic heterocycles. The number of hydrogen-bond acceptors (Lipinski definition) is 3. The van der Waals surface area contributed by atoms with Crippen molar-refractivity contribution in [1.29, 1.82) is 5.26 Å². The van der Waals surface area contributed by atoms with Crippen LogP contribution < -0.4 is 4.90 Å². The lowest BCUT2D eigenvalue weighted by atomic mass is 10.2. The maximum absolute atomic E-state index is 8.85. The first-order chi connectivity index (χ1) is 7.24. The van der Waals surface area contributed by atoms with E-state index in [1.54, 1.807) is 6.26 Å². The van der Waals surface area contributed by atoms with E-state index in [2.05, 4.69) is 6.07 Å². The Balaban J connectivity index is 2.49. The summed E-state index contributed by atoms with van der Waals surface area (Å²) in [6.07, 6.45) is 1.69. The van der Waals surface area contributed by atoms with Crippen molar-refractivity contribution in [1.82, 2.24) is 0 Å². The highest BCUT2D eigenvalue weighted by atomic mass is 16.3. The molecule has 0 fully saturated rings. The largest absolute Gasteiger partial charge is 0.462 e. The van der Waals surface area contributed by atoms with Crippen LogP contribution in [0.4, 0.5) is 5.69 Å². The summed E-state index contributed by atoms with van der Waals surface area (Å²) < 4.78 is 5.41. The fourth-order valence-corrected chi connectivity index (χ4v) is 1.53. The first-order valence-corrected chi connectivity index (χ1v) is 4.82. The zero-order valence-corrected chi connectivity index (χ0v) is 8.77. The van der Waals surface area contributed by atoms with Crippen molar-refractivity contribution in [2.75, 3.05) is 11.9 Å². The van der Waals surface area contributed by atoms with Gasteiger partial charge in [-0.05, 0) is 19.1 Å². The Labute approximate surface area is 88.5 Å². The molecular weight excluding hydrogens is 188 g/mol. The highest BCUT2D eigenvalue weighted by Crippen LogP contribution is 2.28. The van der Waals surface area contributed by atoms with Crippen molar-refractivity contribution in [3.8, 4) is 6.07 Å². The molecule has 3 heteroatoms. The summed E-state index contributed by atoms with van der Waals surface area (Å²) in [5.74, 6) is 0. The van der Waals surface area contributed by atoms with Gasteiger partial charge in [-0.2, -0.15) is 5.26 Å². The van der Waals surface area contributed by atoms with Gasteiger partial charge in [0.1, 0.15) is 17.9 Å². The van der Waals surface area contributed by atoms with Gasteiger partial charge in [0.05, 0.1) is 11.8 Å². The zero-order chi connectivity index (χ0) is 10.8. The van der Waals surface area contributed by atoms with E-state index in [0.717, 1.165) is 16.7 Å². The molecule has 0 saturated carbocycles. The molecule has 0 spiro atoms. The summed E-state index contributed by atoms with van der Waals surface area (Å²) >= 11 is 0. The van der Waals surface area contributed by atoms with Crippen molar-refractivity contribution in [2.45, 2.75) is 13.0 Å². The third kappa shape index (κ3) is 1.55. The molecule has 76 valence electrons.